The monoisotopic (exact) mass is 168 g/mol. The summed E-state index contributed by atoms with van der Waals surface area (Å²) in [5.41, 5.74) is 0. The van der Waals surface area contributed by atoms with Crippen LogP contribution in [0.2, 0.25) is 0 Å². The van der Waals surface area contributed by atoms with E-state index in [2.05, 4.69) is 23.0 Å². The largest absolute Gasteiger partial charge is 0.303 e. The molecular formula is C10H20N2. The second kappa shape index (κ2) is 6.18. The first-order chi connectivity index (χ1) is 5.93. The Balaban J connectivity index is 1.94. The lowest BCUT2D eigenvalue weighted by Crippen LogP contribution is -2.20. The second-order valence-corrected chi connectivity index (χ2v) is 3.43. The first-order valence-electron chi connectivity index (χ1n) is 5.14. The number of nitrogens with zero attached hydrogens (tertiary/aromatic N) is 2. The number of hydrogen-bond acceptors (Lipinski definition) is 2. The van der Waals surface area contributed by atoms with E-state index in [0.29, 0.717) is 0 Å². The molecule has 0 amide bonds. The van der Waals surface area contributed by atoms with Crippen molar-refractivity contribution >= 4 is 6.21 Å². The Morgan fingerprint density at radius 1 is 1.33 bits per heavy atom. The van der Waals surface area contributed by atoms with Crippen molar-refractivity contribution in [3.63, 3.8) is 0 Å². The van der Waals surface area contributed by atoms with E-state index < -0.39 is 0 Å². The zero-order chi connectivity index (χ0) is 8.65. The second-order valence-electron chi connectivity index (χ2n) is 3.43. The normalized spacial score (nSPS) is 19.4. The summed E-state index contributed by atoms with van der Waals surface area (Å²) >= 11 is 0. The average molecular weight is 168 g/mol. The van der Waals surface area contributed by atoms with Crippen LogP contribution in [0.1, 0.15) is 32.6 Å². The van der Waals surface area contributed by atoms with Gasteiger partial charge >= 0.3 is 0 Å². The van der Waals surface area contributed by atoms with E-state index in [9.17, 15) is 0 Å². The average Bonchev–Trinajstić information content (AvgIpc) is 2.57. The van der Waals surface area contributed by atoms with Crippen molar-refractivity contribution in [1.29, 1.82) is 0 Å². The maximum Gasteiger partial charge on any atom is 0.0382 e. The molecule has 12 heavy (non-hydrogen) atoms. The van der Waals surface area contributed by atoms with Crippen LogP contribution in [0.25, 0.3) is 0 Å². The first kappa shape index (κ1) is 9.72. The molecule has 0 atom stereocenters. The minimum atomic E-state index is 1.00. The van der Waals surface area contributed by atoms with Crippen LogP contribution in [0, 0.1) is 0 Å². The molecule has 1 fully saturated rings. The fourth-order valence-electron chi connectivity index (χ4n) is 1.56. The van der Waals surface area contributed by atoms with E-state index in [1.54, 1.807) is 0 Å². The highest BCUT2D eigenvalue weighted by atomic mass is 15.1. The van der Waals surface area contributed by atoms with Crippen molar-refractivity contribution < 1.29 is 0 Å². The van der Waals surface area contributed by atoms with Crippen molar-refractivity contribution in [2.24, 2.45) is 4.99 Å². The summed E-state index contributed by atoms with van der Waals surface area (Å²) in [7, 11) is 0. The van der Waals surface area contributed by atoms with Crippen LogP contribution < -0.4 is 0 Å². The molecule has 1 aliphatic heterocycles. The predicted molar refractivity (Wildman–Crippen MR) is 53.9 cm³/mol. The highest BCUT2D eigenvalue weighted by molar-refractivity contribution is 5.57. The van der Waals surface area contributed by atoms with Gasteiger partial charge in [-0.1, -0.05) is 6.92 Å². The maximum atomic E-state index is 4.30. The molecule has 0 N–H and O–H groups in total. The minimum absolute atomic E-state index is 1.00. The lowest BCUT2D eigenvalue weighted by Gasteiger charge is -2.11. The summed E-state index contributed by atoms with van der Waals surface area (Å²) < 4.78 is 0. The molecule has 1 aliphatic rings. The highest BCUT2D eigenvalue weighted by Gasteiger charge is 2.09. The van der Waals surface area contributed by atoms with Gasteiger partial charge < -0.3 is 4.90 Å². The van der Waals surface area contributed by atoms with E-state index in [-0.39, 0.29) is 0 Å². The van der Waals surface area contributed by atoms with E-state index in [1.165, 1.54) is 38.9 Å². The smallest absolute Gasteiger partial charge is 0.0382 e. The van der Waals surface area contributed by atoms with E-state index in [0.717, 1.165) is 13.0 Å². The molecule has 0 aromatic rings. The zero-order valence-electron chi connectivity index (χ0n) is 8.13. The summed E-state index contributed by atoms with van der Waals surface area (Å²) in [4.78, 5) is 6.82. The number of rotatable bonds is 5. The van der Waals surface area contributed by atoms with Crippen molar-refractivity contribution in [3.05, 3.63) is 0 Å². The lowest BCUT2D eigenvalue weighted by molar-refractivity contribution is 0.350. The third-order valence-electron chi connectivity index (χ3n) is 2.25. The fourth-order valence-corrected chi connectivity index (χ4v) is 1.56. The van der Waals surface area contributed by atoms with Gasteiger partial charge in [-0.25, -0.2) is 0 Å². The molecule has 70 valence electrons. The van der Waals surface area contributed by atoms with Gasteiger partial charge in [0.05, 0.1) is 0 Å². The molecule has 0 aliphatic carbocycles. The van der Waals surface area contributed by atoms with Gasteiger partial charge in [-0.15, -0.1) is 0 Å². The minimum Gasteiger partial charge on any atom is -0.303 e. The van der Waals surface area contributed by atoms with Gasteiger partial charge in [-0.3, -0.25) is 4.99 Å². The highest BCUT2D eigenvalue weighted by Crippen LogP contribution is 2.06. The van der Waals surface area contributed by atoms with Crippen LogP contribution in [-0.2, 0) is 0 Å². The Morgan fingerprint density at radius 3 is 2.75 bits per heavy atom. The summed E-state index contributed by atoms with van der Waals surface area (Å²) in [6.07, 6.45) is 7.18. The molecule has 2 nitrogen and oxygen atoms in total. The Hall–Kier alpha value is -0.370. The SMILES string of the molecule is CCCN=CCCN1CCCC1. The lowest BCUT2D eigenvalue weighted by atomic mass is 10.4. The molecular weight excluding hydrogens is 148 g/mol. The van der Waals surface area contributed by atoms with Gasteiger partial charge in [-0.2, -0.15) is 0 Å². The van der Waals surface area contributed by atoms with Crippen molar-refractivity contribution in [2.45, 2.75) is 32.6 Å². The standard InChI is InChI=1S/C10H20N2/c1-2-6-11-7-5-10-12-8-3-4-9-12/h7H,2-6,8-10H2,1H3. The van der Waals surface area contributed by atoms with Gasteiger partial charge in [-0.05, 0) is 45.0 Å². The molecule has 0 radical (unpaired) electrons. The summed E-state index contributed by atoms with van der Waals surface area (Å²) in [5.74, 6) is 0. The topological polar surface area (TPSA) is 15.6 Å². The van der Waals surface area contributed by atoms with E-state index in [1.807, 2.05) is 0 Å². The fraction of sp³-hybridized carbons (Fsp3) is 0.900. The van der Waals surface area contributed by atoms with Crippen LogP contribution in [0.5, 0.6) is 0 Å². The Bertz CT molecular complexity index is 126. The zero-order valence-corrected chi connectivity index (χ0v) is 8.13. The Kier molecular flexibility index (Phi) is 5.00. The molecule has 1 rings (SSSR count). The van der Waals surface area contributed by atoms with Gasteiger partial charge in [0.15, 0.2) is 0 Å². The molecule has 0 bridgehead atoms. The van der Waals surface area contributed by atoms with Crippen LogP contribution >= 0.6 is 0 Å². The summed E-state index contributed by atoms with van der Waals surface area (Å²) in [6.45, 7) is 6.99. The molecule has 2 heteroatoms. The number of likely N-dealkylation sites (tertiary alicyclic amines) is 1. The molecule has 1 saturated heterocycles. The van der Waals surface area contributed by atoms with Crippen LogP contribution in [0.15, 0.2) is 4.99 Å². The Morgan fingerprint density at radius 2 is 2.08 bits per heavy atom. The maximum absolute atomic E-state index is 4.30. The van der Waals surface area contributed by atoms with Crippen molar-refractivity contribution in [1.82, 2.24) is 4.90 Å². The summed E-state index contributed by atoms with van der Waals surface area (Å²) in [5, 5.41) is 0. The van der Waals surface area contributed by atoms with Crippen LogP contribution in [-0.4, -0.2) is 37.3 Å². The molecule has 0 aromatic heterocycles. The first-order valence-corrected chi connectivity index (χ1v) is 5.14. The quantitative estimate of drug-likeness (QED) is 0.573. The molecule has 0 aromatic carbocycles. The van der Waals surface area contributed by atoms with Crippen molar-refractivity contribution in [3.8, 4) is 0 Å². The number of aliphatic imine (C=N–C) groups is 1. The summed E-state index contributed by atoms with van der Waals surface area (Å²) in [6, 6.07) is 0. The number of hydrogen-bond donors (Lipinski definition) is 0. The van der Waals surface area contributed by atoms with Gasteiger partial charge in [0.25, 0.3) is 0 Å². The third-order valence-corrected chi connectivity index (χ3v) is 2.25. The van der Waals surface area contributed by atoms with Gasteiger partial charge in [0.1, 0.15) is 0 Å². The van der Waals surface area contributed by atoms with Crippen molar-refractivity contribution in [2.75, 3.05) is 26.2 Å². The van der Waals surface area contributed by atoms with Gasteiger partial charge in [0, 0.05) is 13.1 Å². The molecule has 0 saturated carbocycles. The van der Waals surface area contributed by atoms with Gasteiger partial charge in [0.2, 0.25) is 0 Å². The van der Waals surface area contributed by atoms with E-state index >= 15 is 0 Å². The Labute approximate surface area is 75.7 Å². The molecule has 0 unspecified atom stereocenters. The molecule has 0 spiro atoms. The van der Waals surface area contributed by atoms with Crippen LogP contribution in [0.4, 0.5) is 0 Å². The van der Waals surface area contributed by atoms with E-state index in [4.69, 9.17) is 0 Å². The predicted octanol–water partition coefficient (Wildman–Crippen LogP) is 1.95. The third kappa shape index (κ3) is 3.86. The van der Waals surface area contributed by atoms with Crippen LogP contribution in [0.3, 0.4) is 0 Å². The molecule has 1 heterocycles.